The number of ether oxygens (including phenoxy) is 1. The van der Waals surface area contributed by atoms with Crippen molar-refractivity contribution in [2.45, 2.75) is 18.9 Å². The van der Waals surface area contributed by atoms with E-state index in [4.69, 9.17) is 10.5 Å². The Morgan fingerprint density at radius 2 is 2.50 bits per heavy atom. The highest BCUT2D eigenvalue weighted by molar-refractivity contribution is 7.12. The Balaban J connectivity index is 2.34. The Kier molecular flexibility index (Phi) is 4.79. The summed E-state index contributed by atoms with van der Waals surface area (Å²) in [7, 11) is 1.63. The summed E-state index contributed by atoms with van der Waals surface area (Å²) < 4.78 is 4.90. The van der Waals surface area contributed by atoms with Crippen LogP contribution in [0, 0.1) is 0 Å². The molecule has 1 atom stereocenters. The molecule has 78 valence electrons. The van der Waals surface area contributed by atoms with Crippen molar-refractivity contribution in [1.82, 2.24) is 0 Å². The first-order chi connectivity index (χ1) is 6.74. The topological polar surface area (TPSA) is 52.3 Å². The molecule has 1 heterocycles. The van der Waals surface area contributed by atoms with Gasteiger partial charge in [-0.3, -0.25) is 4.79 Å². The first-order valence-corrected chi connectivity index (χ1v) is 5.43. The zero-order valence-electron chi connectivity index (χ0n) is 8.23. The van der Waals surface area contributed by atoms with Gasteiger partial charge in [0, 0.05) is 26.2 Å². The molecule has 4 heteroatoms. The fourth-order valence-corrected chi connectivity index (χ4v) is 1.82. The van der Waals surface area contributed by atoms with E-state index in [0.717, 1.165) is 11.3 Å². The first-order valence-electron chi connectivity index (χ1n) is 4.55. The van der Waals surface area contributed by atoms with Crippen molar-refractivity contribution in [3.63, 3.8) is 0 Å². The highest BCUT2D eigenvalue weighted by Crippen LogP contribution is 2.12. The van der Waals surface area contributed by atoms with Crippen molar-refractivity contribution in [2.24, 2.45) is 5.73 Å². The normalized spacial score (nSPS) is 12.7. The van der Waals surface area contributed by atoms with Gasteiger partial charge >= 0.3 is 0 Å². The van der Waals surface area contributed by atoms with Crippen LogP contribution in [-0.2, 0) is 4.74 Å². The number of ketones is 1. The SMILES string of the molecule is COCCC(N)CC(=O)c1cccs1. The van der Waals surface area contributed by atoms with Crippen molar-refractivity contribution < 1.29 is 9.53 Å². The van der Waals surface area contributed by atoms with Crippen molar-refractivity contribution in [3.8, 4) is 0 Å². The monoisotopic (exact) mass is 213 g/mol. The van der Waals surface area contributed by atoms with Crippen LogP contribution in [0.2, 0.25) is 0 Å². The Bertz CT molecular complexity index is 272. The van der Waals surface area contributed by atoms with Crippen molar-refractivity contribution in [2.75, 3.05) is 13.7 Å². The lowest BCUT2D eigenvalue weighted by Crippen LogP contribution is -2.25. The molecule has 0 aliphatic heterocycles. The molecule has 1 unspecified atom stereocenters. The number of thiophene rings is 1. The van der Waals surface area contributed by atoms with Gasteiger partial charge in [-0.05, 0) is 17.9 Å². The fourth-order valence-electron chi connectivity index (χ4n) is 1.15. The minimum absolute atomic E-state index is 0.0930. The van der Waals surface area contributed by atoms with Gasteiger partial charge in [0.1, 0.15) is 0 Å². The number of rotatable bonds is 6. The summed E-state index contributed by atoms with van der Waals surface area (Å²) in [6, 6.07) is 3.61. The number of hydrogen-bond donors (Lipinski definition) is 1. The van der Waals surface area contributed by atoms with E-state index in [0.29, 0.717) is 13.0 Å². The van der Waals surface area contributed by atoms with Crippen LogP contribution in [0.5, 0.6) is 0 Å². The zero-order chi connectivity index (χ0) is 10.4. The van der Waals surface area contributed by atoms with Gasteiger partial charge in [-0.1, -0.05) is 6.07 Å². The average Bonchev–Trinajstić information content (AvgIpc) is 2.67. The minimum Gasteiger partial charge on any atom is -0.385 e. The van der Waals surface area contributed by atoms with E-state index >= 15 is 0 Å². The molecular weight excluding hydrogens is 198 g/mol. The molecule has 0 saturated carbocycles. The molecule has 0 spiro atoms. The Morgan fingerprint density at radius 1 is 1.71 bits per heavy atom. The van der Waals surface area contributed by atoms with E-state index < -0.39 is 0 Å². The van der Waals surface area contributed by atoms with Crippen LogP contribution >= 0.6 is 11.3 Å². The lowest BCUT2D eigenvalue weighted by Gasteiger charge is -2.08. The van der Waals surface area contributed by atoms with Gasteiger partial charge in [-0.25, -0.2) is 0 Å². The van der Waals surface area contributed by atoms with Crippen LogP contribution in [0.25, 0.3) is 0 Å². The van der Waals surface area contributed by atoms with Crippen LogP contribution < -0.4 is 5.73 Å². The molecule has 1 aromatic rings. The standard InChI is InChI=1S/C10H15NO2S/c1-13-5-4-8(11)7-9(12)10-3-2-6-14-10/h2-3,6,8H,4-5,7,11H2,1H3. The van der Waals surface area contributed by atoms with E-state index in [-0.39, 0.29) is 11.8 Å². The van der Waals surface area contributed by atoms with Gasteiger partial charge in [0.05, 0.1) is 4.88 Å². The molecule has 0 saturated heterocycles. The molecule has 14 heavy (non-hydrogen) atoms. The van der Waals surface area contributed by atoms with Crippen LogP contribution in [0.1, 0.15) is 22.5 Å². The summed E-state index contributed by atoms with van der Waals surface area (Å²) in [5, 5.41) is 1.90. The maximum absolute atomic E-state index is 11.6. The van der Waals surface area contributed by atoms with E-state index in [1.54, 1.807) is 7.11 Å². The van der Waals surface area contributed by atoms with E-state index in [1.807, 2.05) is 17.5 Å². The summed E-state index contributed by atoms with van der Waals surface area (Å²) in [5.74, 6) is 0.128. The third-order valence-electron chi connectivity index (χ3n) is 1.94. The van der Waals surface area contributed by atoms with Gasteiger partial charge in [0.15, 0.2) is 5.78 Å². The smallest absolute Gasteiger partial charge is 0.174 e. The van der Waals surface area contributed by atoms with E-state index in [2.05, 4.69) is 0 Å². The highest BCUT2D eigenvalue weighted by atomic mass is 32.1. The molecule has 1 rings (SSSR count). The van der Waals surface area contributed by atoms with Crippen LogP contribution in [0.4, 0.5) is 0 Å². The van der Waals surface area contributed by atoms with E-state index in [1.165, 1.54) is 11.3 Å². The third-order valence-corrected chi connectivity index (χ3v) is 2.85. The van der Waals surface area contributed by atoms with Crippen molar-refractivity contribution in [3.05, 3.63) is 22.4 Å². The van der Waals surface area contributed by atoms with Crippen LogP contribution in [0.3, 0.4) is 0 Å². The fraction of sp³-hybridized carbons (Fsp3) is 0.500. The van der Waals surface area contributed by atoms with Gasteiger partial charge in [0.2, 0.25) is 0 Å². The molecular formula is C10H15NO2S. The molecule has 0 bridgehead atoms. The number of methoxy groups -OCH3 is 1. The lowest BCUT2D eigenvalue weighted by atomic mass is 10.1. The number of carbonyl (C=O) groups is 1. The quantitative estimate of drug-likeness (QED) is 0.731. The highest BCUT2D eigenvalue weighted by Gasteiger charge is 2.11. The van der Waals surface area contributed by atoms with Crippen molar-refractivity contribution >= 4 is 17.1 Å². The second kappa shape index (κ2) is 5.90. The van der Waals surface area contributed by atoms with Crippen LogP contribution in [0.15, 0.2) is 17.5 Å². The zero-order valence-corrected chi connectivity index (χ0v) is 9.05. The molecule has 0 aliphatic carbocycles. The maximum atomic E-state index is 11.6. The first kappa shape index (κ1) is 11.4. The molecule has 0 aliphatic rings. The van der Waals surface area contributed by atoms with Gasteiger partial charge in [-0.2, -0.15) is 0 Å². The Morgan fingerprint density at radius 3 is 3.07 bits per heavy atom. The summed E-state index contributed by atoms with van der Waals surface area (Å²) in [5.41, 5.74) is 5.77. The molecule has 0 fully saturated rings. The summed E-state index contributed by atoms with van der Waals surface area (Å²) in [4.78, 5) is 12.4. The Hall–Kier alpha value is -0.710. The second-order valence-electron chi connectivity index (χ2n) is 3.15. The molecule has 0 amide bonds. The minimum atomic E-state index is -0.0930. The van der Waals surface area contributed by atoms with Crippen LogP contribution in [-0.4, -0.2) is 25.5 Å². The molecule has 0 radical (unpaired) electrons. The van der Waals surface area contributed by atoms with Gasteiger partial charge in [-0.15, -0.1) is 11.3 Å². The summed E-state index contributed by atoms with van der Waals surface area (Å²) in [6.07, 6.45) is 1.14. The molecule has 0 aromatic carbocycles. The third kappa shape index (κ3) is 3.57. The molecule has 2 N–H and O–H groups in total. The average molecular weight is 213 g/mol. The number of nitrogens with two attached hydrogens (primary N) is 1. The molecule has 1 aromatic heterocycles. The maximum Gasteiger partial charge on any atom is 0.174 e. The number of hydrogen-bond acceptors (Lipinski definition) is 4. The van der Waals surface area contributed by atoms with E-state index in [9.17, 15) is 4.79 Å². The van der Waals surface area contributed by atoms with Gasteiger partial charge in [0.25, 0.3) is 0 Å². The number of Topliss-reactive ketones (excluding diaryl/α,β-unsaturated/α-hetero) is 1. The summed E-state index contributed by atoms with van der Waals surface area (Å²) >= 11 is 1.46. The van der Waals surface area contributed by atoms with Crippen molar-refractivity contribution in [1.29, 1.82) is 0 Å². The lowest BCUT2D eigenvalue weighted by molar-refractivity contribution is 0.0971. The molecule has 3 nitrogen and oxygen atoms in total. The second-order valence-corrected chi connectivity index (χ2v) is 4.09. The summed E-state index contributed by atoms with van der Waals surface area (Å²) in [6.45, 7) is 0.610. The predicted molar refractivity (Wildman–Crippen MR) is 57.7 cm³/mol. The number of carbonyl (C=O) groups excluding carboxylic acids is 1. The Labute approximate surface area is 87.9 Å². The predicted octanol–water partition coefficient (Wildman–Crippen LogP) is 1.68. The van der Waals surface area contributed by atoms with Gasteiger partial charge < -0.3 is 10.5 Å². The largest absolute Gasteiger partial charge is 0.385 e.